The first-order valence-corrected chi connectivity index (χ1v) is 4.68. The molecule has 5 heteroatoms. The van der Waals surface area contributed by atoms with Gasteiger partial charge in [-0.3, -0.25) is 0 Å². The van der Waals surface area contributed by atoms with Crippen LogP contribution < -0.4 is 4.74 Å². The Balaban J connectivity index is 2.05. The lowest BCUT2D eigenvalue weighted by Crippen LogP contribution is -1.95. The summed E-state index contributed by atoms with van der Waals surface area (Å²) in [4.78, 5) is 6.77. The number of H-pyrrole nitrogens is 1. The standard InChI is InChI=1S/C10H8ClFN2O/c11-7-1-8(12)3-10(2-7)15-5-9-4-13-6-14-9/h1-4,6H,5H2,(H,13,14). The van der Waals surface area contributed by atoms with Crippen molar-refractivity contribution in [1.29, 1.82) is 0 Å². The largest absolute Gasteiger partial charge is 0.487 e. The lowest BCUT2D eigenvalue weighted by molar-refractivity contribution is 0.300. The molecule has 0 radical (unpaired) electrons. The summed E-state index contributed by atoms with van der Waals surface area (Å²) in [5.74, 6) is -0.0254. The number of nitrogens with zero attached hydrogens (tertiary/aromatic N) is 1. The molecule has 0 spiro atoms. The minimum Gasteiger partial charge on any atom is -0.487 e. The van der Waals surface area contributed by atoms with E-state index in [9.17, 15) is 4.39 Å². The van der Waals surface area contributed by atoms with Gasteiger partial charge in [0.2, 0.25) is 0 Å². The summed E-state index contributed by atoms with van der Waals surface area (Å²) >= 11 is 5.67. The third-order valence-corrected chi connectivity index (χ3v) is 2.00. The summed E-state index contributed by atoms with van der Waals surface area (Å²) < 4.78 is 18.2. The van der Waals surface area contributed by atoms with Crippen LogP contribution in [-0.4, -0.2) is 9.97 Å². The van der Waals surface area contributed by atoms with Gasteiger partial charge in [-0.15, -0.1) is 0 Å². The van der Waals surface area contributed by atoms with Crippen molar-refractivity contribution in [3.63, 3.8) is 0 Å². The Labute approximate surface area is 90.9 Å². The zero-order valence-electron chi connectivity index (χ0n) is 7.71. The van der Waals surface area contributed by atoms with Crippen molar-refractivity contribution in [1.82, 2.24) is 9.97 Å². The van der Waals surface area contributed by atoms with Gasteiger partial charge in [-0.25, -0.2) is 9.37 Å². The minimum absolute atomic E-state index is 0.281. The zero-order valence-corrected chi connectivity index (χ0v) is 8.46. The zero-order chi connectivity index (χ0) is 10.7. The molecule has 0 amide bonds. The molecule has 1 aromatic heterocycles. The van der Waals surface area contributed by atoms with Crippen LogP contribution in [0.15, 0.2) is 30.7 Å². The van der Waals surface area contributed by atoms with Gasteiger partial charge in [0.25, 0.3) is 0 Å². The number of hydrogen-bond acceptors (Lipinski definition) is 2. The topological polar surface area (TPSA) is 37.9 Å². The monoisotopic (exact) mass is 226 g/mol. The van der Waals surface area contributed by atoms with Crippen LogP contribution in [0, 0.1) is 5.82 Å². The van der Waals surface area contributed by atoms with Crippen molar-refractivity contribution in [3.05, 3.63) is 47.3 Å². The van der Waals surface area contributed by atoms with Gasteiger partial charge in [-0.2, -0.15) is 0 Å². The van der Waals surface area contributed by atoms with E-state index in [0.29, 0.717) is 10.8 Å². The number of benzene rings is 1. The number of ether oxygens (including phenoxy) is 1. The first-order chi connectivity index (χ1) is 7.24. The molecule has 0 unspecified atom stereocenters. The van der Waals surface area contributed by atoms with Crippen molar-refractivity contribution < 1.29 is 9.13 Å². The third kappa shape index (κ3) is 2.70. The predicted molar refractivity (Wildman–Crippen MR) is 54.3 cm³/mol. The fraction of sp³-hybridized carbons (Fsp3) is 0.100. The molecule has 0 saturated heterocycles. The molecule has 1 heterocycles. The molecular weight excluding hydrogens is 219 g/mol. The molecule has 1 N–H and O–H groups in total. The van der Waals surface area contributed by atoms with Crippen LogP contribution in [0.4, 0.5) is 4.39 Å². The molecule has 2 rings (SSSR count). The first kappa shape index (κ1) is 9.98. The van der Waals surface area contributed by atoms with Gasteiger partial charge < -0.3 is 9.72 Å². The van der Waals surface area contributed by atoms with Crippen LogP contribution in [0.3, 0.4) is 0 Å². The average Bonchev–Trinajstić information content (AvgIpc) is 2.65. The molecular formula is C10H8ClFN2O. The molecule has 0 fully saturated rings. The molecule has 0 aliphatic heterocycles. The molecule has 0 atom stereocenters. The fourth-order valence-corrected chi connectivity index (χ4v) is 1.35. The molecule has 2 aromatic rings. The van der Waals surface area contributed by atoms with E-state index < -0.39 is 5.82 Å². The third-order valence-electron chi connectivity index (χ3n) is 1.78. The summed E-state index contributed by atoms with van der Waals surface area (Å²) in [6, 6.07) is 4.05. The quantitative estimate of drug-likeness (QED) is 0.874. The fourth-order valence-electron chi connectivity index (χ4n) is 1.14. The molecule has 0 saturated carbocycles. The molecule has 3 nitrogen and oxygen atoms in total. The highest BCUT2D eigenvalue weighted by Crippen LogP contribution is 2.20. The second-order valence-electron chi connectivity index (χ2n) is 2.95. The van der Waals surface area contributed by atoms with Gasteiger partial charge in [0, 0.05) is 17.3 Å². The number of aromatic amines is 1. The Kier molecular flexibility index (Phi) is 2.87. The summed E-state index contributed by atoms with van der Waals surface area (Å²) in [5, 5.41) is 0.312. The number of imidazole rings is 1. The van der Waals surface area contributed by atoms with Crippen LogP contribution in [0.1, 0.15) is 5.69 Å². The number of rotatable bonds is 3. The Morgan fingerprint density at radius 1 is 1.40 bits per heavy atom. The van der Waals surface area contributed by atoms with Crippen molar-refractivity contribution in [2.75, 3.05) is 0 Å². The average molecular weight is 227 g/mol. The van der Waals surface area contributed by atoms with E-state index in [2.05, 4.69) is 9.97 Å². The highest BCUT2D eigenvalue weighted by atomic mass is 35.5. The molecule has 0 bridgehead atoms. The SMILES string of the molecule is Fc1cc(Cl)cc(OCc2c[nH]cn2)c1. The Morgan fingerprint density at radius 2 is 2.27 bits per heavy atom. The molecule has 78 valence electrons. The number of nitrogens with one attached hydrogen (secondary N) is 1. The Hall–Kier alpha value is -1.55. The molecule has 15 heavy (non-hydrogen) atoms. The van der Waals surface area contributed by atoms with Crippen LogP contribution in [0.25, 0.3) is 0 Å². The maximum absolute atomic E-state index is 12.9. The van der Waals surface area contributed by atoms with E-state index in [-0.39, 0.29) is 6.61 Å². The molecule has 0 aliphatic carbocycles. The normalized spacial score (nSPS) is 10.3. The van der Waals surface area contributed by atoms with Crippen molar-refractivity contribution >= 4 is 11.6 Å². The summed E-state index contributed by atoms with van der Waals surface area (Å²) in [5.41, 5.74) is 0.746. The van der Waals surface area contributed by atoms with Gasteiger partial charge in [-0.1, -0.05) is 11.6 Å². The van der Waals surface area contributed by atoms with E-state index in [4.69, 9.17) is 16.3 Å². The Morgan fingerprint density at radius 3 is 2.93 bits per heavy atom. The van der Waals surface area contributed by atoms with E-state index in [0.717, 1.165) is 5.69 Å². The van der Waals surface area contributed by atoms with Crippen molar-refractivity contribution in [2.24, 2.45) is 0 Å². The van der Waals surface area contributed by atoms with Gasteiger partial charge in [0.05, 0.1) is 12.0 Å². The van der Waals surface area contributed by atoms with Crippen LogP contribution in [-0.2, 0) is 6.61 Å². The van der Waals surface area contributed by atoms with Gasteiger partial charge in [-0.05, 0) is 12.1 Å². The van der Waals surface area contributed by atoms with E-state index in [1.54, 1.807) is 18.6 Å². The maximum atomic E-state index is 12.9. The van der Waals surface area contributed by atoms with E-state index in [1.165, 1.54) is 12.1 Å². The Bertz CT molecular complexity index is 424. The summed E-state index contributed by atoms with van der Waals surface area (Å²) in [6.07, 6.45) is 3.26. The maximum Gasteiger partial charge on any atom is 0.132 e. The van der Waals surface area contributed by atoms with Crippen molar-refractivity contribution in [3.8, 4) is 5.75 Å². The van der Waals surface area contributed by atoms with Gasteiger partial charge >= 0.3 is 0 Å². The van der Waals surface area contributed by atoms with Crippen molar-refractivity contribution in [2.45, 2.75) is 6.61 Å². The lowest BCUT2D eigenvalue weighted by Gasteiger charge is -2.04. The smallest absolute Gasteiger partial charge is 0.132 e. The van der Waals surface area contributed by atoms with Crippen LogP contribution >= 0.6 is 11.6 Å². The van der Waals surface area contributed by atoms with E-state index >= 15 is 0 Å². The number of halogens is 2. The highest BCUT2D eigenvalue weighted by molar-refractivity contribution is 6.30. The van der Waals surface area contributed by atoms with Crippen LogP contribution in [0.2, 0.25) is 5.02 Å². The number of aromatic nitrogens is 2. The second-order valence-corrected chi connectivity index (χ2v) is 3.39. The predicted octanol–water partition coefficient (Wildman–Crippen LogP) is 2.78. The molecule has 0 aliphatic rings. The van der Waals surface area contributed by atoms with Crippen LogP contribution in [0.5, 0.6) is 5.75 Å². The minimum atomic E-state index is -0.417. The van der Waals surface area contributed by atoms with Gasteiger partial charge in [0.15, 0.2) is 0 Å². The molecule has 1 aromatic carbocycles. The lowest BCUT2D eigenvalue weighted by atomic mass is 10.3. The number of hydrogen-bond donors (Lipinski definition) is 1. The highest BCUT2D eigenvalue weighted by Gasteiger charge is 2.01. The summed E-state index contributed by atoms with van der Waals surface area (Å²) in [6.45, 7) is 0.281. The van der Waals surface area contributed by atoms with E-state index in [1.807, 2.05) is 0 Å². The summed E-state index contributed by atoms with van der Waals surface area (Å²) in [7, 11) is 0. The van der Waals surface area contributed by atoms with Gasteiger partial charge in [0.1, 0.15) is 18.2 Å². The first-order valence-electron chi connectivity index (χ1n) is 4.30. The second kappa shape index (κ2) is 4.31.